The third kappa shape index (κ3) is 6.35. The predicted octanol–water partition coefficient (Wildman–Crippen LogP) is 3.11. The lowest BCUT2D eigenvalue weighted by Crippen LogP contribution is -2.22. The van der Waals surface area contributed by atoms with Gasteiger partial charge in [-0.25, -0.2) is 4.79 Å². The van der Waals surface area contributed by atoms with E-state index in [1.807, 2.05) is 54.6 Å². The monoisotopic (exact) mass is 356 g/mol. The smallest absolute Gasteiger partial charge is 0.343 e. The van der Waals surface area contributed by atoms with E-state index in [1.165, 1.54) is 7.11 Å². The molecule has 0 radical (unpaired) electrons. The fourth-order valence-electron chi connectivity index (χ4n) is 2.01. The molecule has 0 fully saturated rings. The zero-order valence-electron chi connectivity index (χ0n) is 14.2. The Morgan fingerprint density at radius 2 is 2.04 bits per heavy atom. The molecule has 5 nitrogen and oxygen atoms in total. The lowest BCUT2D eigenvalue weighted by atomic mass is 10.2. The molecule has 0 unspecified atom stereocenters. The summed E-state index contributed by atoms with van der Waals surface area (Å²) in [4.78, 5) is 17.9. The van der Waals surface area contributed by atoms with Gasteiger partial charge in [0.05, 0.1) is 7.11 Å². The Hall–Kier alpha value is -2.73. The highest BCUT2D eigenvalue weighted by atomic mass is 32.1. The molecule has 2 aromatic rings. The van der Waals surface area contributed by atoms with Crippen molar-refractivity contribution < 1.29 is 14.3 Å². The van der Waals surface area contributed by atoms with Crippen molar-refractivity contribution >= 4 is 29.3 Å². The van der Waals surface area contributed by atoms with E-state index in [4.69, 9.17) is 17.0 Å². The van der Waals surface area contributed by atoms with E-state index in [1.54, 1.807) is 18.3 Å². The molecule has 0 bridgehead atoms. The largest absolute Gasteiger partial charge is 0.482 e. The molecule has 0 saturated carbocycles. The van der Waals surface area contributed by atoms with Gasteiger partial charge in [0, 0.05) is 26.0 Å². The van der Waals surface area contributed by atoms with Gasteiger partial charge in [0.1, 0.15) is 10.7 Å². The van der Waals surface area contributed by atoms with E-state index in [-0.39, 0.29) is 6.61 Å². The summed E-state index contributed by atoms with van der Waals surface area (Å²) in [5.41, 5.74) is 2.09. The summed E-state index contributed by atoms with van der Waals surface area (Å²) in [5.74, 6) is 0.199. The second kappa shape index (κ2) is 9.54. The summed E-state index contributed by atoms with van der Waals surface area (Å²) in [7, 11) is 3.28. The minimum absolute atomic E-state index is 0.102. The van der Waals surface area contributed by atoms with Gasteiger partial charge >= 0.3 is 5.97 Å². The summed E-state index contributed by atoms with van der Waals surface area (Å²) < 4.78 is 9.83. The number of thiocarbonyl (C=S) groups is 1. The highest BCUT2D eigenvalue weighted by Crippen LogP contribution is 2.13. The van der Waals surface area contributed by atoms with Crippen LogP contribution >= 0.6 is 12.2 Å². The van der Waals surface area contributed by atoms with Gasteiger partial charge in [-0.1, -0.05) is 36.5 Å². The number of carbonyl (C=O) groups excluding carboxylic acids is 1. The lowest BCUT2D eigenvalue weighted by molar-refractivity contribution is -0.142. The van der Waals surface area contributed by atoms with Crippen LogP contribution in [0.2, 0.25) is 0 Å². The second-order valence-electron chi connectivity index (χ2n) is 5.32. The maximum Gasteiger partial charge on any atom is 0.343 e. The molecule has 1 aromatic carbocycles. The number of benzene rings is 1. The van der Waals surface area contributed by atoms with Crippen LogP contribution in [0.5, 0.6) is 5.75 Å². The maximum atomic E-state index is 11.0. The molecular weight excluding hydrogens is 336 g/mol. The normalized spacial score (nSPS) is 10.5. The average molecular weight is 356 g/mol. The zero-order chi connectivity index (χ0) is 18.1. The molecule has 130 valence electrons. The molecule has 0 spiro atoms. The summed E-state index contributed by atoms with van der Waals surface area (Å²) >= 11 is 5.43. The molecule has 0 N–H and O–H groups in total. The Bertz CT molecular complexity index is 730. The minimum atomic E-state index is -0.411. The van der Waals surface area contributed by atoms with Crippen LogP contribution in [0, 0.1) is 0 Å². The molecule has 0 aliphatic carbocycles. The van der Waals surface area contributed by atoms with Gasteiger partial charge in [-0.3, -0.25) is 4.98 Å². The third-order valence-electron chi connectivity index (χ3n) is 3.40. The van der Waals surface area contributed by atoms with Gasteiger partial charge in [-0.05, 0) is 35.4 Å². The Morgan fingerprint density at radius 3 is 2.68 bits per heavy atom. The molecule has 0 amide bonds. The minimum Gasteiger partial charge on any atom is -0.482 e. The van der Waals surface area contributed by atoms with Crippen LogP contribution < -0.4 is 4.74 Å². The number of rotatable bonds is 7. The van der Waals surface area contributed by atoms with Crippen LogP contribution in [0.15, 0.2) is 54.9 Å². The van der Waals surface area contributed by atoms with Gasteiger partial charge < -0.3 is 14.4 Å². The number of carbonyl (C=O) groups is 1. The van der Waals surface area contributed by atoms with E-state index in [0.717, 1.165) is 16.1 Å². The van der Waals surface area contributed by atoms with Crippen LogP contribution in [-0.4, -0.2) is 41.6 Å². The number of nitrogens with zero attached hydrogens (tertiary/aromatic N) is 2. The van der Waals surface area contributed by atoms with Gasteiger partial charge in [0.25, 0.3) is 0 Å². The fourth-order valence-corrected chi connectivity index (χ4v) is 2.15. The maximum absolute atomic E-state index is 11.0. The number of hydrogen-bond acceptors (Lipinski definition) is 5. The van der Waals surface area contributed by atoms with Gasteiger partial charge in [0.15, 0.2) is 6.61 Å². The van der Waals surface area contributed by atoms with Crippen LogP contribution in [0.3, 0.4) is 0 Å². The first-order valence-corrected chi connectivity index (χ1v) is 8.11. The lowest BCUT2D eigenvalue weighted by Gasteiger charge is -2.17. The molecule has 0 aliphatic heterocycles. The molecule has 25 heavy (non-hydrogen) atoms. The summed E-state index contributed by atoms with van der Waals surface area (Å²) in [6.45, 7) is 0.603. The van der Waals surface area contributed by atoms with Crippen molar-refractivity contribution in [1.29, 1.82) is 0 Å². The van der Waals surface area contributed by atoms with Crippen LogP contribution in [0.1, 0.15) is 11.1 Å². The fraction of sp³-hybridized carbons (Fsp3) is 0.211. The van der Waals surface area contributed by atoms with E-state index in [0.29, 0.717) is 12.3 Å². The SMILES string of the molecule is COC(=O)COc1ccc(C=CC(=S)N(C)Cc2cccnc2)cc1. The third-order valence-corrected chi connectivity index (χ3v) is 3.85. The Labute approximate surface area is 152 Å². The molecule has 0 atom stereocenters. The highest BCUT2D eigenvalue weighted by molar-refractivity contribution is 7.80. The van der Waals surface area contributed by atoms with Crippen molar-refractivity contribution in [1.82, 2.24) is 9.88 Å². The quantitative estimate of drug-likeness (QED) is 0.432. The van der Waals surface area contributed by atoms with Gasteiger partial charge in [-0.2, -0.15) is 0 Å². The average Bonchev–Trinajstić information content (AvgIpc) is 2.65. The van der Waals surface area contributed by atoms with Crippen LogP contribution in [0.25, 0.3) is 6.08 Å². The number of aromatic nitrogens is 1. The number of hydrogen-bond donors (Lipinski definition) is 0. The molecule has 6 heteroatoms. The molecule has 2 rings (SSSR count). The summed E-state index contributed by atoms with van der Waals surface area (Å²) in [5, 5.41) is 0. The van der Waals surface area contributed by atoms with E-state index in [9.17, 15) is 4.79 Å². The topological polar surface area (TPSA) is 51.7 Å². The molecule has 1 heterocycles. The number of methoxy groups -OCH3 is 1. The van der Waals surface area contributed by atoms with Crippen molar-refractivity contribution in [2.75, 3.05) is 20.8 Å². The van der Waals surface area contributed by atoms with Crippen molar-refractivity contribution in [2.45, 2.75) is 6.54 Å². The van der Waals surface area contributed by atoms with Crippen LogP contribution in [0.4, 0.5) is 0 Å². The zero-order valence-corrected chi connectivity index (χ0v) is 15.0. The highest BCUT2D eigenvalue weighted by Gasteiger charge is 2.03. The second-order valence-corrected chi connectivity index (χ2v) is 5.74. The van der Waals surface area contributed by atoms with Gasteiger partial charge in [-0.15, -0.1) is 0 Å². The van der Waals surface area contributed by atoms with E-state index >= 15 is 0 Å². The van der Waals surface area contributed by atoms with Crippen molar-refractivity contribution in [3.63, 3.8) is 0 Å². The number of likely N-dealkylation sites (N-methyl/N-ethyl adjacent to an activating group) is 1. The first kappa shape index (κ1) is 18.6. The predicted molar refractivity (Wildman–Crippen MR) is 101 cm³/mol. The Morgan fingerprint density at radius 1 is 1.28 bits per heavy atom. The first-order valence-electron chi connectivity index (χ1n) is 7.70. The van der Waals surface area contributed by atoms with Crippen molar-refractivity contribution in [3.05, 3.63) is 66.0 Å². The standard InChI is InChI=1S/C19H20N2O3S/c1-21(13-16-4-3-11-20-12-16)18(25)10-7-15-5-8-17(9-6-15)24-14-19(22)23-2/h3-12H,13-14H2,1-2H3. The summed E-state index contributed by atoms with van der Waals surface area (Å²) in [6.07, 6.45) is 7.40. The van der Waals surface area contributed by atoms with Crippen molar-refractivity contribution in [2.24, 2.45) is 0 Å². The Kier molecular flexibility index (Phi) is 7.10. The molecular formula is C19H20N2O3S. The number of esters is 1. The van der Waals surface area contributed by atoms with Crippen LogP contribution in [-0.2, 0) is 16.1 Å². The molecule has 0 saturated heterocycles. The molecule has 0 aliphatic rings. The van der Waals surface area contributed by atoms with Gasteiger partial charge in [0.2, 0.25) is 0 Å². The Balaban J connectivity index is 1.87. The van der Waals surface area contributed by atoms with Crippen molar-refractivity contribution in [3.8, 4) is 5.75 Å². The number of ether oxygens (including phenoxy) is 2. The van der Waals surface area contributed by atoms with E-state index in [2.05, 4.69) is 9.72 Å². The van der Waals surface area contributed by atoms with E-state index < -0.39 is 5.97 Å². The number of pyridine rings is 1. The first-order chi connectivity index (χ1) is 12.1. The summed E-state index contributed by atoms with van der Waals surface area (Å²) in [6, 6.07) is 11.3. The molecule has 1 aromatic heterocycles.